The number of methoxy groups -OCH3 is 2. The lowest BCUT2D eigenvalue weighted by molar-refractivity contribution is -0.131. The van der Waals surface area contributed by atoms with E-state index in [4.69, 9.17) is 14.2 Å². The van der Waals surface area contributed by atoms with E-state index in [-0.39, 0.29) is 5.97 Å². The first-order valence-electron chi connectivity index (χ1n) is 7.19. The molecule has 0 saturated carbocycles. The van der Waals surface area contributed by atoms with Gasteiger partial charge in [0.25, 0.3) is 0 Å². The number of rotatable bonds is 3. The van der Waals surface area contributed by atoms with Gasteiger partial charge < -0.3 is 14.2 Å². The highest BCUT2D eigenvalue weighted by Gasteiger charge is 2.19. The third kappa shape index (κ3) is 2.41. The van der Waals surface area contributed by atoms with Gasteiger partial charge in [-0.1, -0.05) is 18.2 Å². The zero-order chi connectivity index (χ0) is 15.7. The van der Waals surface area contributed by atoms with Crippen molar-refractivity contribution in [3.63, 3.8) is 0 Å². The Morgan fingerprint density at radius 1 is 1.05 bits per heavy atom. The van der Waals surface area contributed by atoms with Crippen molar-refractivity contribution in [2.45, 2.75) is 19.8 Å². The number of hydrogen-bond acceptors (Lipinski definition) is 4. The molecular weight excluding hydrogens is 280 g/mol. The van der Waals surface area contributed by atoms with Crippen molar-refractivity contribution in [3.05, 3.63) is 41.2 Å². The molecule has 0 heterocycles. The van der Waals surface area contributed by atoms with Crippen molar-refractivity contribution in [1.29, 1.82) is 0 Å². The van der Waals surface area contributed by atoms with Gasteiger partial charge in [0, 0.05) is 18.7 Å². The summed E-state index contributed by atoms with van der Waals surface area (Å²) in [6.07, 6.45) is 3.86. The van der Waals surface area contributed by atoms with Crippen molar-refractivity contribution in [3.8, 4) is 11.5 Å². The van der Waals surface area contributed by atoms with Crippen LogP contribution in [0, 0.1) is 0 Å². The van der Waals surface area contributed by atoms with E-state index in [9.17, 15) is 4.79 Å². The fourth-order valence-electron chi connectivity index (χ4n) is 2.91. The monoisotopic (exact) mass is 298 g/mol. The predicted molar refractivity (Wildman–Crippen MR) is 85.1 cm³/mol. The highest BCUT2D eigenvalue weighted by Crippen LogP contribution is 2.41. The Hall–Kier alpha value is -2.49. The summed E-state index contributed by atoms with van der Waals surface area (Å²) in [6.45, 7) is 1.38. The molecule has 0 saturated heterocycles. The van der Waals surface area contributed by atoms with Crippen LogP contribution in [-0.2, 0) is 16.0 Å². The minimum absolute atomic E-state index is 0.365. The molecule has 1 aliphatic carbocycles. The fourth-order valence-corrected chi connectivity index (χ4v) is 2.91. The topological polar surface area (TPSA) is 44.8 Å². The van der Waals surface area contributed by atoms with E-state index >= 15 is 0 Å². The van der Waals surface area contributed by atoms with E-state index in [1.54, 1.807) is 20.3 Å². The van der Waals surface area contributed by atoms with Gasteiger partial charge in [-0.25, -0.2) is 0 Å². The average molecular weight is 298 g/mol. The largest absolute Gasteiger partial charge is 0.501 e. The number of carbonyl (C=O) groups excluding carboxylic acids is 1. The van der Waals surface area contributed by atoms with Crippen molar-refractivity contribution in [2.24, 2.45) is 0 Å². The molecule has 22 heavy (non-hydrogen) atoms. The van der Waals surface area contributed by atoms with Crippen molar-refractivity contribution < 1.29 is 19.0 Å². The highest BCUT2D eigenvalue weighted by atomic mass is 16.6. The smallest absolute Gasteiger partial charge is 0.308 e. The van der Waals surface area contributed by atoms with Crippen LogP contribution in [0.3, 0.4) is 0 Å². The van der Waals surface area contributed by atoms with Gasteiger partial charge in [-0.15, -0.1) is 0 Å². The number of hydrogen-bond donors (Lipinski definition) is 0. The minimum Gasteiger partial charge on any atom is -0.501 e. The normalized spacial score (nSPS) is 13.3. The third-order valence-corrected chi connectivity index (χ3v) is 3.90. The number of carbonyl (C=O) groups is 1. The first kappa shape index (κ1) is 14.4. The molecule has 3 rings (SSSR count). The Kier molecular flexibility index (Phi) is 3.75. The summed E-state index contributed by atoms with van der Waals surface area (Å²) in [7, 11) is 3.27. The van der Waals surface area contributed by atoms with Gasteiger partial charge in [0.05, 0.1) is 20.0 Å². The van der Waals surface area contributed by atoms with Gasteiger partial charge in [0.1, 0.15) is 0 Å². The zero-order valence-corrected chi connectivity index (χ0v) is 12.9. The van der Waals surface area contributed by atoms with Crippen LogP contribution in [0.4, 0.5) is 0 Å². The van der Waals surface area contributed by atoms with Gasteiger partial charge in [-0.3, -0.25) is 4.79 Å². The van der Waals surface area contributed by atoms with Crippen LogP contribution >= 0.6 is 0 Å². The molecule has 4 nitrogen and oxygen atoms in total. The van der Waals surface area contributed by atoms with Gasteiger partial charge in [-0.2, -0.15) is 0 Å². The maximum atomic E-state index is 11.3. The lowest BCUT2D eigenvalue weighted by atomic mass is 9.91. The molecule has 0 fully saturated rings. The van der Waals surface area contributed by atoms with E-state index in [1.807, 2.05) is 12.1 Å². The van der Waals surface area contributed by atoms with Gasteiger partial charge in [0.2, 0.25) is 0 Å². The summed E-state index contributed by atoms with van der Waals surface area (Å²) in [6, 6.07) is 7.90. The third-order valence-electron chi connectivity index (χ3n) is 3.90. The van der Waals surface area contributed by atoms with Crippen molar-refractivity contribution in [1.82, 2.24) is 0 Å². The maximum absolute atomic E-state index is 11.3. The Morgan fingerprint density at radius 2 is 1.82 bits per heavy atom. The highest BCUT2D eigenvalue weighted by molar-refractivity contribution is 5.99. The van der Waals surface area contributed by atoms with E-state index in [0.29, 0.717) is 11.5 Å². The molecular formula is C18H18O4. The summed E-state index contributed by atoms with van der Waals surface area (Å²) in [5, 5.41) is 1.99. The van der Waals surface area contributed by atoms with Gasteiger partial charge in [-0.05, 0) is 35.1 Å². The lowest BCUT2D eigenvalue weighted by Gasteiger charge is -2.20. The molecule has 0 aromatic heterocycles. The fraction of sp³-hybridized carbons (Fsp3) is 0.278. The quantitative estimate of drug-likeness (QED) is 0.640. The molecule has 0 amide bonds. The Balaban J connectivity index is 2.30. The standard InChI is InChI=1S/C18H18O4/c1-11(19)22-16-9-7-13-5-4-12-6-8-14(20-2)10-15(12)17(13)18(16)21-3/h4-5,7,9-10H,6,8H2,1-3H3. The summed E-state index contributed by atoms with van der Waals surface area (Å²) < 4.78 is 16.2. The molecule has 0 unspecified atom stereocenters. The summed E-state index contributed by atoms with van der Waals surface area (Å²) in [4.78, 5) is 11.3. The van der Waals surface area contributed by atoms with Crippen LogP contribution in [-0.4, -0.2) is 20.2 Å². The number of esters is 1. The van der Waals surface area contributed by atoms with Crippen LogP contribution < -0.4 is 9.47 Å². The Morgan fingerprint density at radius 3 is 2.50 bits per heavy atom. The van der Waals surface area contributed by atoms with E-state index < -0.39 is 0 Å². The zero-order valence-electron chi connectivity index (χ0n) is 12.9. The molecule has 114 valence electrons. The van der Waals surface area contributed by atoms with E-state index in [1.165, 1.54) is 12.5 Å². The number of aryl methyl sites for hydroxylation is 1. The second kappa shape index (κ2) is 5.72. The second-order valence-electron chi connectivity index (χ2n) is 5.24. The van der Waals surface area contributed by atoms with Crippen LogP contribution in [0.25, 0.3) is 16.8 Å². The first-order valence-corrected chi connectivity index (χ1v) is 7.19. The van der Waals surface area contributed by atoms with Crippen molar-refractivity contribution >= 4 is 22.8 Å². The van der Waals surface area contributed by atoms with E-state index in [0.717, 1.165) is 34.9 Å². The van der Waals surface area contributed by atoms with Crippen molar-refractivity contribution in [2.75, 3.05) is 14.2 Å². The molecule has 0 bridgehead atoms. The number of benzene rings is 2. The Bertz CT molecular complexity index is 774. The van der Waals surface area contributed by atoms with E-state index in [2.05, 4.69) is 12.1 Å². The number of ether oxygens (including phenoxy) is 3. The van der Waals surface area contributed by atoms with Crippen LogP contribution in [0.15, 0.2) is 30.0 Å². The van der Waals surface area contributed by atoms with Gasteiger partial charge in [0.15, 0.2) is 11.5 Å². The number of allylic oxidation sites excluding steroid dienone is 1. The molecule has 4 heteroatoms. The molecule has 1 aliphatic rings. The van der Waals surface area contributed by atoms with Crippen LogP contribution in [0.2, 0.25) is 0 Å². The maximum Gasteiger partial charge on any atom is 0.308 e. The van der Waals surface area contributed by atoms with Crippen LogP contribution in [0.1, 0.15) is 24.5 Å². The number of fused-ring (bicyclic) bond motifs is 3. The Labute approximate surface area is 129 Å². The van der Waals surface area contributed by atoms with Crippen LogP contribution in [0.5, 0.6) is 11.5 Å². The molecule has 2 aromatic carbocycles. The van der Waals surface area contributed by atoms with Gasteiger partial charge >= 0.3 is 5.97 Å². The SMILES string of the molecule is COC1=Cc2c(ccc3ccc(OC(C)=O)c(OC)c23)CC1. The molecule has 0 radical (unpaired) electrons. The predicted octanol–water partition coefficient (Wildman–Crippen LogP) is 3.71. The lowest BCUT2D eigenvalue weighted by Crippen LogP contribution is -2.05. The summed E-state index contributed by atoms with van der Waals surface area (Å²) in [5.74, 6) is 1.60. The second-order valence-corrected chi connectivity index (χ2v) is 5.24. The molecule has 0 spiro atoms. The molecule has 0 aliphatic heterocycles. The molecule has 0 atom stereocenters. The summed E-state index contributed by atoms with van der Waals surface area (Å²) in [5.41, 5.74) is 2.32. The molecule has 2 aromatic rings. The first-order chi connectivity index (χ1) is 10.6. The molecule has 0 N–H and O–H groups in total. The minimum atomic E-state index is -0.365. The average Bonchev–Trinajstić information content (AvgIpc) is 2.53. The summed E-state index contributed by atoms with van der Waals surface area (Å²) >= 11 is 0.